The zero-order valence-corrected chi connectivity index (χ0v) is 12.3. The predicted molar refractivity (Wildman–Crippen MR) is 75.6 cm³/mol. The lowest BCUT2D eigenvalue weighted by molar-refractivity contribution is -0.160. The van der Waals surface area contributed by atoms with Crippen molar-refractivity contribution in [3.05, 3.63) is 29.3 Å². The zero-order valence-electron chi connectivity index (χ0n) is 12.3. The van der Waals surface area contributed by atoms with Gasteiger partial charge >= 0.3 is 5.97 Å². The van der Waals surface area contributed by atoms with Crippen LogP contribution in [0.3, 0.4) is 0 Å². The standard InChI is InChI=1S/C15H19NO5/c1-9-6-11(20-3)4-5-12(9)14(17)16-7-10(2)21-13(8-16)15(18)19/h4-6,10,13H,7-8H2,1-3H3,(H,18,19)/t10-,13?/m1/s1. The van der Waals surface area contributed by atoms with Gasteiger partial charge in [-0.15, -0.1) is 0 Å². The number of carbonyl (C=O) groups excluding carboxylic acids is 1. The fraction of sp³-hybridized carbons (Fsp3) is 0.467. The summed E-state index contributed by atoms with van der Waals surface area (Å²) in [5.41, 5.74) is 1.35. The molecule has 1 aromatic rings. The topological polar surface area (TPSA) is 76.1 Å². The molecule has 21 heavy (non-hydrogen) atoms. The number of carboxylic acid groups (broad SMARTS) is 1. The summed E-state index contributed by atoms with van der Waals surface area (Å²) in [4.78, 5) is 25.2. The number of carboxylic acids is 1. The van der Waals surface area contributed by atoms with E-state index in [9.17, 15) is 9.59 Å². The maximum Gasteiger partial charge on any atom is 0.334 e. The smallest absolute Gasteiger partial charge is 0.334 e. The minimum Gasteiger partial charge on any atom is -0.497 e. The molecule has 0 spiro atoms. The summed E-state index contributed by atoms with van der Waals surface area (Å²) in [6.07, 6.45) is -1.28. The molecule has 6 nitrogen and oxygen atoms in total. The lowest BCUT2D eigenvalue weighted by Gasteiger charge is -2.35. The number of benzene rings is 1. The highest BCUT2D eigenvalue weighted by molar-refractivity contribution is 5.96. The number of methoxy groups -OCH3 is 1. The zero-order chi connectivity index (χ0) is 15.6. The van der Waals surface area contributed by atoms with Crippen LogP contribution in [-0.4, -0.2) is 54.3 Å². The third-order valence-electron chi connectivity index (χ3n) is 3.49. The molecule has 1 saturated heterocycles. The first kappa shape index (κ1) is 15.3. The van der Waals surface area contributed by atoms with Crippen molar-refractivity contribution in [2.24, 2.45) is 0 Å². The summed E-state index contributed by atoms with van der Waals surface area (Å²) in [6.45, 7) is 4.03. The van der Waals surface area contributed by atoms with Gasteiger partial charge in [-0.25, -0.2) is 4.79 Å². The van der Waals surface area contributed by atoms with Crippen molar-refractivity contribution in [2.45, 2.75) is 26.1 Å². The lowest BCUT2D eigenvalue weighted by Crippen LogP contribution is -2.51. The van der Waals surface area contributed by atoms with Crippen molar-refractivity contribution in [1.29, 1.82) is 0 Å². The fourth-order valence-corrected chi connectivity index (χ4v) is 2.43. The largest absolute Gasteiger partial charge is 0.497 e. The van der Waals surface area contributed by atoms with E-state index in [2.05, 4.69) is 0 Å². The van der Waals surface area contributed by atoms with Gasteiger partial charge in [0.05, 0.1) is 19.8 Å². The number of morpholine rings is 1. The Balaban J connectivity index is 2.20. The minimum atomic E-state index is -1.05. The molecule has 1 aromatic carbocycles. The molecule has 0 aliphatic carbocycles. The second-order valence-corrected chi connectivity index (χ2v) is 5.16. The number of carbonyl (C=O) groups is 2. The van der Waals surface area contributed by atoms with Crippen LogP contribution in [-0.2, 0) is 9.53 Å². The Hall–Kier alpha value is -2.08. The molecular formula is C15H19NO5. The van der Waals surface area contributed by atoms with E-state index in [0.29, 0.717) is 17.9 Å². The van der Waals surface area contributed by atoms with Crippen LogP contribution in [0.5, 0.6) is 5.75 Å². The Kier molecular flexibility index (Phi) is 4.47. The van der Waals surface area contributed by atoms with Crippen LogP contribution < -0.4 is 4.74 Å². The molecule has 1 amide bonds. The average molecular weight is 293 g/mol. The van der Waals surface area contributed by atoms with Crippen LogP contribution in [0.1, 0.15) is 22.8 Å². The number of nitrogens with zero attached hydrogens (tertiary/aromatic N) is 1. The second-order valence-electron chi connectivity index (χ2n) is 5.16. The predicted octanol–water partition coefficient (Wildman–Crippen LogP) is 1.32. The number of amides is 1. The maximum absolute atomic E-state index is 12.6. The SMILES string of the molecule is COc1ccc(C(=O)N2CC(C(=O)O)O[C@H](C)C2)c(C)c1. The van der Waals surface area contributed by atoms with Crippen molar-refractivity contribution in [3.8, 4) is 5.75 Å². The van der Waals surface area contributed by atoms with Crippen molar-refractivity contribution < 1.29 is 24.2 Å². The third-order valence-corrected chi connectivity index (χ3v) is 3.49. The van der Waals surface area contributed by atoms with Crippen molar-refractivity contribution in [1.82, 2.24) is 4.90 Å². The van der Waals surface area contributed by atoms with Gasteiger partial charge in [0.2, 0.25) is 0 Å². The Labute approximate surface area is 123 Å². The molecule has 1 aliphatic rings. The number of aryl methyl sites for hydroxylation is 1. The first-order chi connectivity index (χ1) is 9.92. The van der Waals surface area contributed by atoms with E-state index >= 15 is 0 Å². The molecular weight excluding hydrogens is 274 g/mol. The van der Waals surface area contributed by atoms with Gasteiger partial charge in [-0.05, 0) is 37.6 Å². The number of hydrogen-bond acceptors (Lipinski definition) is 4. The molecule has 114 valence electrons. The van der Waals surface area contributed by atoms with Crippen molar-refractivity contribution in [3.63, 3.8) is 0 Å². The quantitative estimate of drug-likeness (QED) is 0.909. The highest BCUT2D eigenvalue weighted by Crippen LogP contribution is 2.20. The normalized spacial score (nSPS) is 22.0. The van der Waals surface area contributed by atoms with E-state index in [1.165, 1.54) is 4.90 Å². The molecule has 0 bridgehead atoms. The Bertz CT molecular complexity index is 557. The average Bonchev–Trinajstić information content (AvgIpc) is 2.45. The van der Waals surface area contributed by atoms with Crippen LogP contribution in [0.15, 0.2) is 18.2 Å². The van der Waals surface area contributed by atoms with Gasteiger partial charge < -0.3 is 19.5 Å². The minimum absolute atomic E-state index is 0.0595. The van der Waals surface area contributed by atoms with Gasteiger partial charge in [0.25, 0.3) is 5.91 Å². The number of rotatable bonds is 3. The monoisotopic (exact) mass is 293 g/mol. The van der Waals surface area contributed by atoms with Crippen LogP contribution in [0.2, 0.25) is 0 Å². The Morgan fingerprint density at radius 2 is 2.10 bits per heavy atom. The van der Waals surface area contributed by atoms with E-state index in [1.807, 2.05) is 6.92 Å². The van der Waals surface area contributed by atoms with Gasteiger partial charge in [0, 0.05) is 12.1 Å². The molecule has 6 heteroatoms. The van der Waals surface area contributed by atoms with Crippen molar-refractivity contribution >= 4 is 11.9 Å². The first-order valence-electron chi connectivity index (χ1n) is 6.74. The van der Waals surface area contributed by atoms with E-state index in [1.54, 1.807) is 32.2 Å². The highest BCUT2D eigenvalue weighted by atomic mass is 16.5. The van der Waals surface area contributed by atoms with Gasteiger partial charge in [0.1, 0.15) is 5.75 Å². The molecule has 1 fully saturated rings. The van der Waals surface area contributed by atoms with Crippen LogP contribution in [0, 0.1) is 6.92 Å². The second kappa shape index (κ2) is 6.13. The summed E-state index contributed by atoms with van der Waals surface area (Å²) in [5.74, 6) is -0.551. The summed E-state index contributed by atoms with van der Waals surface area (Å²) >= 11 is 0. The van der Waals surface area contributed by atoms with Crippen LogP contribution in [0.25, 0.3) is 0 Å². The first-order valence-corrected chi connectivity index (χ1v) is 6.74. The van der Waals surface area contributed by atoms with Crippen molar-refractivity contribution in [2.75, 3.05) is 20.2 Å². The molecule has 0 saturated carbocycles. The lowest BCUT2D eigenvalue weighted by atomic mass is 10.1. The number of aliphatic carboxylic acids is 1. The fourth-order valence-electron chi connectivity index (χ4n) is 2.43. The summed E-state index contributed by atoms with van der Waals surface area (Å²) in [7, 11) is 1.57. The van der Waals surface area contributed by atoms with E-state index in [-0.39, 0.29) is 18.6 Å². The van der Waals surface area contributed by atoms with Crippen LogP contribution in [0.4, 0.5) is 0 Å². The van der Waals surface area contributed by atoms with E-state index < -0.39 is 12.1 Å². The summed E-state index contributed by atoms with van der Waals surface area (Å²) < 4.78 is 10.4. The van der Waals surface area contributed by atoms with Gasteiger partial charge in [-0.3, -0.25) is 4.79 Å². The maximum atomic E-state index is 12.6. The Morgan fingerprint density at radius 3 is 2.67 bits per heavy atom. The number of ether oxygens (including phenoxy) is 2. The van der Waals surface area contributed by atoms with Gasteiger partial charge in [0.15, 0.2) is 6.10 Å². The molecule has 2 rings (SSSR count). The van der Waals surface area contributed by atoms with E-state index in [4.69, 9.17) is 14.6 Å². The summed E-state index contributed by atoms with van der Waals surface area (Å²) in [5, 5.41) is 9.07. The molecule has 1 unspecified atom stereocenters. The molecule has 1 heterocycles. The van der Waals surface area contributed by atoms with Crippen LogP contribution >= 0.6 is 0 Å². The highest BCUT2D eigenvalue weighted by Gasteiger charge is 2.33. The van der Waals surface area contributed by atoms with Gasteiger partial charge in [-0.1, -0.05) is 0 Å². The third kappa shape index (κ3) is 3.33. The Morgan fingerprint density at radius 1 is 1.38 bits per heavy atom. The molecule has 2 atom stereocenters. The molecule has 1 aliphatic heterocycles. The van der Waals surface area contributed by atoms with Gasteiger partial charge in [-0.2, -0.15) is 0 Å². The number of hydrogen-bond donors (Lipinski definition) is 1. The molecule has 0 aromatic heterocycles. The summed E-state index contributed by atoms with van der Waals surface area (Å²) in [6, 6.07) is 5.21. The molecule has 0 radical (unpaired) electrons. The molecule has 1 N–H and O–H groups in total. The van der Waals surface area contributed by atoms with E-state index in [0.717, 1.165) is 5.56 Å².